The second-order valence-corrected chi connectivity index (χ2v) is 8.83. The minimum Gasteiger partial charge on any atom is -0.486 e. The topological polar surface area (TPSA) is 72.8 Å². The molecular weight excluding hydrogens is 422 g/mol. The molecule has 0 aliphatic carbocycles. The number of halogens is 1. The highest BCUT2D eigenvalue weighted by atomic mass is 35.5. The number of allylic oxidation sites excluding steroid dienone is 3. The van der Waals surface area contributed by atoms with E-state index in [-0.39, 0.29) is 18.1 Å². The Balaban J connectivity index is 1.86. The Kier molecular flexibility index (Phi) is 7.42. The zero-order chi connectivity index (χ0) is 21.7. The quantitative estimate of drug-likeness (QED) is 0.470. The van der Waals surface area contributed by atoms with Crippen molar-refractivity contribution in [3.8, 4) is 16.3 Å². The molecule has 6 nitrogen and oxygen atoms in total. The maximum Gasteiger partial charge on any atom is 0.251 e. The maximum absolute atomic E-state index is 13.0. The Morgan fingerprint density at radius 1 is 1.43 bits per heavy atom. The predicted octanol–water partition coefficient (Wildman–Crippen LogP) is 4.74. The molecule has 0 radical (unpaired) electrons. The second kappa shape index (κ2) is 10.0. The molecule has 2 aromatic rings. The number of hydrogen-bond donors (Lipinski definition) is 1. The highest BCUT2D eigenvalue weighted by Crippen LogP contribution is 2.30. The molecule has 0 spiro atoms. The first-order chi connectivity index (χ1) is 14.4. The van der Waals surface area contributed by atoms with Gasteiger partial charge in [-0.05, 0) is 57.8 Å². The third kappa shape index (κ3) is 5.78. The van der Waals surface area contributed by atoms with Crippen molar-refractivity contribution in [2.75, 3.05) is 13.2 Å². The zero-order valence-electron chi connectivity index (χ0n) is 17.1. The maximum atomic E-state index is 13.0. The Hall–Kier alpha value is -2.48. The summed E-state index contributed by atoms with van der Waals surface area (Å²) in [4.78, 5) is 22.5. The summed E-state index contributed by atoms with van der Waals surface area (Å²) in [6.45, 7) is 10.3. The van der Waals surface area contributed by atoms with Crippen LogP contribution in [0, 0.1) is 6.92 Å². The van der Waals surface area contributed by atoms with E-state index in [4.69, 9.17) is 21.1 Å². The van der Waals surface area contributed by atoms with Crippen LogP contribution in [0.2, 0.25) is 0 Å². The van der Waals surface area contributed by atoms with Crippen molar-refractivity contribution in [2.24, 2.45) is 4.99 Å². The molecule has 8 heteroatoms. The Morgan fingerprint density at radius 3 is 2.77 bits per heavy atom. The average molecular weight is 446 g/mol. The van der Waals surface area contributed by atoms with Gasteiger partial charge >= 0.3 is 0 Å². The first-order valence-electron chi connectivity index (χ1n) is 9.49. The molecule has 1 aromatic heterocycles. The number of nitrogens with zero attached hydrogens (tertiary/aromatic N) is 2. The first kappa shape index (κ1) is 22.2. The largest absolute Gasteiger partial charge is 0.486 e. The van der Waals surface area contributed by atoms with Crippen molar-refractivity contribution in [1.82, 2.24) is 10.3 Å². The van der Waals surface area contributed by atoms with Gasteiger partial charge in [-0.1, -0.05) is 11.6 Å². The number of aryl methyl sites for hydroxylation is 1. The Bertz CT molecular complexity index is 991. The van der Waals surface area contributed by atoms with Crippen molar-refractivity contribution in [3.05, 3.63) is 57.7 Å². The molecule has 0 saturated carbocycles. The third-order valence-electron chi connectivity index (χ3n) is 4.40. The van der Waals surface area contributed by atoms with Crippen LogP contribution in [-0.4, -0.2) is 43.0 Å². The van der Waals surface area contributed by atoms with Crippen LogP contribution in [0.3, 0.4) is 0 Å². The Labute approximate surface area is 185 Å². The number of aromatic nitrogens is 1. The van der Waals surface area contributed by atoms with E-state index >= 15 is 0 Å². The van der Waals surface area contributed by atoms with Crippen LogP contribution in [0.25, 0.3) is 10.6 Å². The fourth-order valence-electron chi connectivity index (χ4n) is 2.77. The lowest BCUT2D eigenvalue weighted by molar-refractivity contribution is -0.0796. The van der Waals surface area contributed by atoms with Gasteiger partial charge in [0, 0.05) is 27.2 Å². The fraction of sp³-hybridized carbons (Fsp3) is 0.318. The summed E-state index contributed by atoms with van der Waals surface area (Å²) in [6.07, 6.45) is 5.26. The third-order valence-corrected chi connectivity index (χ3v) is 5.49. The molecule has 1 aromatic carbocycles. The fourth-order valence-corrected chi connectivity index (χ4v) is 3.59. The lowest BCUT2D eigenvalue weighted by Crippen LogP contribution is -2.38. The van der Waals surface area contributed by atoms with Crippen LogP contribution >= 0.6 is 22.9 Å². The van der Waals surface area contributed by atoms with Gasteiger partial charge in [0.2, 0.25) is 0 Å². The van der Waals surface area contributed by atoms with Crippen molar-refractivity contribution in [2.45, 2.75) is 32.9 Å². The van der Waals surface area contributed by atoms with Gasteiger partial charge in [0.15, 0.2) is 0 Å². The SMILES string of the molecule is C=N/C(=C\C=C(/C)Cl)[C@@H](C)NC(=O)c1cc(OC2COC2)cc(-c2ncc(C)s2)c1. The van der Waals surface area contributed by atoms with E-state index in [0.29, 0.717) is 35.3 Å². The molecule has 30 heavy (non-hydrogen) atoms. The number of benzene rings is 1. The van der Waals surface area contributed by atoms with E-state index in [0.717, 1.165) is 15.4 Å². The first-order valence-corrected chi connectivity index (χ1v) is 10.7. The molecule has 158 valence electrons. The van der Waals surface area contributed by atoms with E-state index < -0.39 is 0 Å². The van der Waals surface area contributed by atoms with Gasteiger partial charge in [0.1, 0.15) is 16.9 Å². The van der Waals surface area contributed by atoms with Gasteiger partial charge in [-0.25, -0.2) is 4.98 Å². The normalized spacial score (nSPS) is 16.0. The number of amides is 1. The number of rotatable bonds is 8. The number of carbonyl (C=O) groups excluding carboxylic acids is 1. The minimum absolute atomic E-state index is 0.00167. The number of carbonyl (C=O) groups is 1. The highest BCUT2D eigenvalue weighted by Gasteiger charge is 2.22. The summed E-state index contributed by atoms with van der Waals surface area (Å²) in [5.41, 5.74) is 1.93. The summed E-state index contributed by atoms with van der Waals surface area (Å²) >= 11 is 7.44. The highest BCUT2D eigenvalue weighted by molar-refractivity contribution is 7.14. The van der Waals surface area contributed by atoms with Gasteiger partial charge in [-0.15, -0.1) is 11.3 Å². The predicted molar refractivity (Wildman–Crippen MR) is 122 cm³/mol. The van der Waals surface area contributed by atoms with Crippen LogP contribution < -0.4 is 10.1 Å². The molecule has 2 heterocycles. The van der Waals surface area contributed by atoms with E-state index in [9.17, 15) is 4.79 Å². The van der Waals surface area contributed by atoms with Crippen LogP contribution in [0.4, 0.5) is 0 Å². The van der Waals surface area contributed by atoms with Crippen molar-refractivity contribution in [3.63, 3.8) is 0 Å². The lowest BCUT2D eigenvalue weighted by Gasteiger charge is -2.27. The van der Waals surface area contributed by atoms with Crippen molar-refractivity contribution < 1.29 is 14.3 Å². The molecule has 1 amide bonds. The summed E-state index contributed by atoms with van der Waals surface area (Å²) in [6, 6.07) is 5.11. The van der Waals surface area contributed by atoms with Gasteiger partial charge in [-0.3, -0.25) is 9.79 Å². The molecule has 1 aliphatic heterocycles. The van der Waals surface area contributed by atoms with Crippen molar-refractivity contribution in [1.29, 1.82) is 0 Å². The molecule has 1 atom stereocenters. The molecule has 1 fully saturated rings. The van der Waals surface area contributed by atoms with Crippen molar-refractivity contribution >= 4 is 35.6 Å². The summed E-state index contributed by atoms with van der Waals surface area (Å²) < 4.78 is 11.1. The summed E-state index contributed by atoms with van der Waals surface area (Å²) in [5, 5.41) is 4.40. The van der Waals surface area contributed by atoms with Gasteiger partial charge in [0.25, 0.3) is 5.91 Å². The lowest BCUT2D eigenvalue weighted by atomic mass is 10.1. The van der Waals surface area contributed by atoms with E-state index in [1.807, 2.05) is 32.2 Å². The minimum atomic E-state index is -0.350. The molecular formula is C22H24ClN3O3S. The van der Waals surface area contributed by atoms with Crippen LogP contribution in [-0.2, 0) is 4.74 Å². The molecule has 0 unspecified atom stereocenters. The molecule has 3 rings (SSSR count). The van der Waals surface area contributed by atoms with Crippen LogP contribution in [0.5, 0.6) is 5.75 Å². The summed E-state index contributed by atoms with van der Waals surface area (Å²) in [7, 11) is 0. The molecule has 1 N–H and O–H groups in total. The average Bonchev–Trinajstić information content (AvgIpc) is 3.11. The van der Waals surface area contributed by atoms with Gasteiger partial charge in [-0.2, -0.15) is 0 Å². The number of hydrogen-bond acceptors (Lipinski definition) is 6. The molecule has 1 saturated heterocycles. The van der Waals surface area contributed by atoms with E-state index in [2.05, 4.69) is 22.0 Å². The number of aliphatic imine (C=N–C) groups is 1. The molecule has 1 aliphatic rings. The van der Waals surface area contributed by atoms with E-state index in [1.54, 1.807) is 36.5 Å². The second-order valence-electron chi connectivity index (χ2n) is 7.00. The number of thiazole rings is 1. The van der Waals surface area contributed by atoms with Gasteiger partial charge < -0.3 is 14.8 Å². The Morgan fingerprint density at radius 2 is 2.20 bits per heavy atom. The van der Waals surface area contributed by atoms with Crippen LogP contribution in [0.15, 0.2) is 52.3 Å². The zero-order valence-corrected chi connectivity index (χ0v) is 18.7. The number of ether oxygens (including phenoxy) is 2. The monoisotopic (exact) mass is 445 g/mol. The number of nitrogens with one attached hydrogen (secondary N) is 1. The molecule has 0 bridgehead atoms. The van der Waals surface area contributed by atoms with Gasteiger partial charge in [0.05, 0.1) is 25.0 Å². The van der Waals surface area contributed by atoms with Crippen LogP contribution in [0.1, 0.15) is 29.1 Å². The smallest absolute Gasteiger partial charge is 0.251 e. The van der Waals surface area contributed by atoms with E-state index in [1.165, 1.54) is 0 Å². The summed E-state index contributed by atoms with van der Waals surface area (Å²) in [5.74, 6) is 0.373. The standard InChI is InChI=1S/C22H24ClN3O3S/c1-13(23)5-6-20(24-4)15(3)26-21(27)16-7-17(22-25-10-14(2)30-22)9-18(8-16)29-19-11-28-12-19/h5-10,15,19H,4,11-12H2,1-3H3,(H,26,27)/b13-5+,20-6-/t15-/m1/s1.